The molecule has 0 bridgehead atoms. The second kappa shape index (κ2) is 6.24. The monoisotopic (exact) mass is 322 g/mol. The van der Waals surface area contributed by atoms with Gasteiger partial charge in [0.05, 0.1) is 0 Å². The molecule has 1 nitrogen and oxygen atoms in total. The zero-order valence-electron chi connectivity index (χ0n) is 20.6. The van der Waals surface area contributed by atoms with E-state index in [1.54, 1.807) is 23.8 Å². The zero-order valence-corrected chi connectivity index (χ0v) is 14.6. The highest BCUT2D eigenvalue weighted by Crippen LogP contribution is 2.31. The summed E-state index contributed by atoms with van der Waals surface area (Å²) in [4.78, 5) is 0. The number of benzene rings is 2. The van der Waals surface area contributed by atoms with Crippen molar-refractivity contribution < 1.29 is 12.8 Å². The van der Waals surface area contributed by atoms with Gasteiger partial charge >= 0.3 is 0 Å². The fourth-order valence-corrected chi connectivity index (χ4v) is 2.97. The minimum Gasteiger partial charge on any atom is -0.201 e. The number of rotatable bonds is 2. The first kappa shape index (κ1) is 10.5. The highest BCUT2D eigenvalue weighted by atomic mass is 14.9. The number of aryl methyl sites for hydroxylation is 6. The maximum atomic E-state index is 8.02. The molecule has 0 aliphatic heterocycles. The van der Waals surface area contributed by atoms with Gasteiger partial charge in [0.2, 0.25) is 5.69 Å². The van der Waals surface area contributed by atoms with Gasteiger partial charge in [0.15, 0.2) is 6.20 Å². The van der Waals surface area contributed by atoms with Crippen LogP contribution in [0.25, 0.3) is 22.4 Å². The highest BCUT2D eigenvalue weighted by Gasteiger charge is 2.16. The summed E-state index contributed by atoms with van der Waals surface area (Å²) >= 11 is 0. The number of aromatic nitrogens is 1. The zero-order chi connectivity index (χ0) is 22.4. The van der Waals surface area contributed by atoms with Crippen LogP contribution in [-0.4, -0.2) is 0 Å². The molecular weight excluding hydrogens is 290 g/mol. The number of nitrogens with zero attached hydrogens (tertiary/aromatic N) is 1. The van der Waals surface area contributed by atoms with E-state index in [2.05, 4.69) is 0 Å². The van der Waals surface area contributed by atoms with E-state index in [4.69, 9.17) is 8.22 Å². The van der Waals surface area contributed by atoms with E-state index in [9.17, 15) is 0 Å². The third-order valence-electron chi connectivity index (χ3n) is 4.48. The summed E-state index contributed by atoms with van der Waals surface area (Å²) in [7, 11) is 1.81. The molecule has 0 fully saturated rings. The molecule has 1 heteroatoms. The van der Waals surface area contributed by atoms with Crippen LogP contribution in [0.4, 0.5) is 0 Å². The van der Waals surface area contributed by atoms with Crippen molar-refractivity contribution in [1.82, 2.24) is 0 Å². The second-order valence-electron chi connectivity index (χ2n) is 6.45. The topological polar surface area (TPSA) is 3.88 Å². The van der Waals surface area contributed by atoms with Gasteiger partial charge in [0.1, 0.15) is 7.05 Å². The van der Waals surface area contributed by atoms with Crippen LogP contribution >= 0.6 is 0 Å². The molecule has 0 amide bonds. The van der Waals surface area contributed by atoms with Crippen LogP contribution in [0.3, 0.4) is 0 Å². The largest absolute Gasteiger partial charge is 0.212 e. The maximum Gasteiger partial charge on any atom is 0.212 e. The van der Waals surface area contributed by atoms with Crippen molar-refractivity contribution in [2.45, 2.75) is 34.5 Å². The standard InChI is InChI=1S/C23H26N/c1-15-7-9-20(10-8-15)21-13-22(18(4)11-17(21)3)23-12-16(2)19(5)14-24(23)6/h7-14H,1-6H3/q+1/i3D3,5D3. The van der Waals surface area contributed by atoms with Gasteiger partial charge in [-0.2, -0.15) is 0 Å². The van der Waals surface area contributed by atoms with E-state index in [1.165, 1.54) is 0 Å². The lowest BCUT2D eigenvalue weighted by Gasteiger charge is -2.13. The average Bonchev–Trinajstić information content (AvgIpc) is 2.62. The Hall–Kier alpha value is -2.41. The summed E-state index contributed by atoms with van der Waals surface area (Å²) in [6, 6.07) is 13.3. The van der Waals surface area contributed by atoms with Crippen molar-refractivity contribution in [3.05, 3.63) is 76.5 Å². The lowest BCUT2D eigenvalue weighted by molar-refractivity contribution is -0.660. The Labute approximate surface area is 154 Å². The van der Waals surface area contributed by atoms with Crippen LogP contribution in [0, 0.1) is 34.5 Å². The molecule has 2 aromatic carbocycles. The molecule has 1 heterocycles. The molecule has 24 heavy (non-hydrogen) atoms. The molecule has 122 valence electrons. The van der Waals surface area contributed by atoms with E-state index in [0.29, 0.717) is 22.3 Å². The Kier molecular flexibility index (Phi) is 2.72. The lowest BCUT2D eigenvalue weighted by atomic mass is 9.92. The first-order chi connectivity index (χ1) is 13.8. The Bertz CT molecular complexity index is 1090. The predicted octanol–water partition coefficient (Wildman–Crippen LogP) is 5.39. The van der Waals surface area contributed by atoms with E-state index in [-0.39, 0.29) is 0 Å². The van der Waals surface area contributed by atoms with Gasteiger partial charge in [-0.05, 0) is 68.4 Å². The lowest BCUT2D eigenvalue weighted by Crippen LogP contribution is -2.31. The molecule has 0 radical (unpaired) electrons. The van der Waals surface area contributed by atoms with Crippen LogP contribution in [0.2, 0.25) is 0 Å². The number of pyridine rings is 1. The molecule has 0 aliphatic rings. The van der Waals surface area contributed by atoms with Crippen molar-refractivity contribution in [2.24, 2.45) is 7.05 Å². The normalized spacial score (nSPS) is 15.7. The van der Waals surface area contributed by atoms with Crippen LogP contribution in [0.5, 0.6) is 0 Å². The Morgan fingerprint density at radius 1 is 0.750 bits per heavy atom. The van der Waals surface area contributed by atoms with Crippen LogP contribution in [0.1, 0.15) is 36.0 Å². The minimum atomic E-state index is -2.24. The van der Waals surface area contributed by atoms with Gasteiger partial charge in [0.25, 0.3) is 0 Å². The third kappa shape index (κ3) is 2.99. The Balaban J connectivity index is 2.28. The number of hydrogen-bond acceptors (Lipinski definition) is 0. The van der Waals surface area contributed by atoms with Crippen molar-refractivity contribution in [3.8, 4) is 22.4 Å². The molecule has 0 spiro atoms. The van der Waals surface area contributed by atoms with Crippen molar-refractivity contribution in [2.75, 3.05) is 0 Å². The van der Waals surface area contributed by atoms with Gasteiger partial charge in [-0.3, -0.25) is 0 Å². The summed E-state index contributed by atoms with van der Waals surface area (Å²) in [5.41, 5.74) is 6.44. The van der Waals surface area contributed by atoms with Crippen molar-refractivity contribution in [3.63, 3.8) is 0 Å². The van der Waals surface area contributed by atoms with Gasteiger partial charge in [-0.15, -0.1) is 0 Å². The third-order valence-corrected chi connectivity index (χ3v) is 4.48. The summed E-state index contributed by atoms with van der Waals surface area (Å²) in [6.45, 7) is 1.24. The predicted molar refractivity (Wildman–Crippen MR) is 102 cm³/mol. The highest BCUT2D eigenvalue weighted by molar-refractivity contribution is 5.75. The van der Waals surface area contributed by atoms with Gasteiger partial charge in [0, 0.05) is 25.4 Å². The molecule has 0 aliphatic carbocycles. The quantitative estimate of drug-likeness (QED) is 0.557. The summed E-state index contributed by atoms with van der Waals surface area (Å²) in [5, 5.41) is 0. The van der Waals surface area contributed by atoms with E-state index in [1.807, 2.05) is 57.3 Å². The number of hydrogen-bond donors (Lipinski definition) is 0. The van der Waals surface area contributed by atoms with Crippen LogP contribution < -0.4 is 4.57 Å². The Morgan fingerprint density at radius 3 is 2.12 bits per heavy atom. The molecule has 0 N–H and O–H groups in total. The second-order valence-corrected chi connectivity index (χ2v) is 6.45. The molecule has 0 saturated heterocycles. The SMILES string of the molecule is [2H]C([2H])([2H])c1c[n+](C)c(-c2cc(-c3ccc(C)cc3)c(C([2H])([2H])[2H])cc2C)cc1C. The fraction of sp³-hybridized carbons (Fsp3) is 0.261. The molecule has 0 unspecified atom stereocenters. The van der Waals surface area contributed by atoms with E-state index in [0.717, 1.165) is 27.9 Å². The van der Waals surface area contributed by atoms with Gasteiger partial charge in [-0.25, -0.2) is 4.57 Å². The van der Waals surface area contributed by atoms with E-state index >= 15 is 0 Å². The summed E-state index contributed by atoms with van der Waals surface area (Å²) in [6.07, 6.45) is 1.64. The summed E-state index contributed by atoms with van der Waals surface area (Å²) < 4.78 is 49.1. The minimum absolute atomic E-state index is 0.310. The fourth-order valence-electron chi connectivity index (χ4n) is 2.97. The Morgan fingerprint density at radius 2 is 1.46 bits per heavy atom. The summed E-state index contributed by atoms with van der Waals surface area (Å²) in [5.74, 6) is 0. The first-order valence-corrected chi connectivity index (χ1v) is 8.02. The van der Waals surface area contributed by atoms with Crippen molar-refractivity contribution in [1.29, 1.82) is 0 Å². The average molecular weight is 323 g/mol. The van der Waals surface area contributed by atoms with Gasteiger partial charge < -0.3 is 0 Å². The molecule has 3 aromatic rings. The molecule has 0 atom stereocenters. The van der Waals surface area contributed by atoms with Crippen LogP contribution in [-0.2, 0) is 7.05 Å². The molecule has 0 saturated carbocycles. The van der Waals surface area contributed by atoms with E-state index < -0.39 is 13.7 Å². The maximum absolute atomic E-state index is 8.02. The molecule has 3 rings (SSSR count). The van der Waals surface area contributed by atoms with Crippen LogP contribution in [0.15, 0.2) is 48.7 Å². The molecule has 1 aromatic heterocycles. The van der Waals surface area contributed by atoms with Gasteiger partial charge in [-0.1, -0.05) is 35.9 Å². The van der Waals surface area contributed by atoms with Crippen molar-refractivity contribution >= 4 is 0 Å². The molecular formula is C23H26N+. The first-order valence-electron chi connectivity index (χ1n) is 11.0. The smallest absolute Gasteiger partial charge is 0.201 e.